The van der Waals surface area contributed by atoms with E-state index in [1.807, 2.05) is 0 Å². The first-order chi connectivity index (χ1) is 30.7. The molecule has 12 aromatic carbocycles. The third-order valence-corrected chi connectivity index (χ3v) is 12.7. The Labute approximate surface area is 361 Å². The Morgan fingerprint density at radius 3 is 0.887 bits per heavy atom. The summed E-state index contributed by atoms with van der Waals surface area (Å²) in [5, 5.41) is 12.6. The zero-order valence-corrected chi connectivity index (χ0v) is 34.1. The molecule has 0 aliphatic rings. The third-order valence-electron chi connectivity index (χ3n) is 12.7. The van der Waals surface area contributed by atoms with Crippen LogP contribution in [0.3, 0.4) is 0 Å². The summed E-state index contributed by atoms with van der Waals surface area (Å²) >= 11 is 0. The van der Waals surface area contributed by atoms with Gasteiger partial charge in [-0.1, -0.05) is 182 Å². The zero-order chi connectivity index (χ0) is 41.0. The summed E-state index contributed by atoms with van der Waals surface area (Å²) in [6.07, 6.45) is 0. The average Bonchev–Trinajstić information content (AvgIpc) is 3.35. The van der Waals surface area contributed by atoms with Crippen LogP contribution >= 0.6 is 0 Å². The van der Waals surface area contributed by atoms with Gasteiger partial charge in [-0.05, 0) is 181 Å². The van der Waals surface area contributed by atoms with E-state index in [9.17, 15) is 0 Å². The molecule has 0 heterocycles. The van der Waals surface area contributed by atoms with Crippen LogP contribution in [0.5, 0.6) is 0 Å². The fraction of sp³-hybridized carbons (Fsp3) is 0. The van der Waals surface area contributed by atoms with Gasteiger partial charge in [0, 0.05) is 0 Å². The molecule has 0 amide bonds. The van der Waals surface area contributed by atoms with Crippen LogP contribution in [0.1, 0.15) is 0 Å². The molecule has 62 heavy (non-hydrogen) atoms. The Balaban J connectivity index is 0.993. The molecule has 0 N–H and O–H groups in total. The van der Waals surface area contributed by atoms with Crippen LogP contribution in [-0.4, -0.2) is 0 Å². The van der Waals surface area contributed by atoms with Crippen LogP contribution in [0.25, 0.3) is 121 Å². The molecule has 0 unspecified atom stereocenters. The highest BCUT2D eigenvalue weighted by Crippen LogP contribution is 2.42. The second-order valence-corrected chi connectivity index (χ2v) is 16.5. The predicted octanol–water partition coefficient (Wildman–Crippen LogP) is 17.5. The highest BCUT2D eigenvalue weighted by molar-refractivity contribution is 6.15. The summed E-state index contributed by atoms with van der Waals surface area (Å²) in [6.45, 7) is 0. The van der Waals surface area contributed by atoms with Crippen molar-refractivity contribution in [1.29, 1.82) is 0 Å². The highest BCUT2D eigenvalue weighted by Gasteiger charge is 2.15. The SMILES string of the molecule is c1ccc(-c2cc(-c3ccc4cc(-c5cc(-c6ccccc6)cc(-c6cc7ccccc7c7ccccc67)c5)ccc4c3)cc(-c3cc4ccccc4c4ccccc34)c2)cc1. The van der Waals surface area contributed by atoms with Crippen molar-refractivity contribution in [2.75, 3.05) is 0 Å². The minimum atomic E-state index is 1.20. The lowest BCUT2D eigenvalue weighted by atomic mass is 9.88. The molecule has 0 radical (unpaired) electrons. The van der Waals surface area contributed by atoms with Crippen molar-refractivity contribution in [2.24, 2.45) is 0 Å². The summed E-state index contributed by atoms with van der Waals surface area (Å²) in [4.78, 5) is 0. The first-order valence-corrected chi connectivity index (χ1v) is 21.5. The van der Waals surface area contributed by atoms with Gasteiger partial charge in [-0.25, -0.2) is 0 Å². The zero-order valence-electron chi connectivity index (χ0n) is 34.1. The van der Waals surface area contributed by atoms with E-state index in [2.05, 4.69) is 243 Å². The van der Waals surface area contributed by atoms with Crippen molar-refractivity contribution in [1.82, 2.24) is 0 Å². The van der Waals surface area contributed by atoms with Gasteiger partial charge in [0.25, 0.3) is 0 Å². The highest BCUT2D eigenvalue weighted by atomic mass is 14.2. The van der Waals surface area contributed by atoms with E-state index in [1.54, 1.807) is 0 Å². The average molecular weight is 785 g/mol. The summed E-state index contributed by atoms with van der Waals surface area (Å²) < 4.78 is 0. The molecular weight excluding hydrogens is 745 g/mol. The standard InChI is InChI=1S/C62H40/c1-3-15-41(16-4-1)49-33-51(37-53(35-49)61-39-47-19-7-9-21-55(47)57-23-11-13-25-59(57)61)45-29-27-44-32-46(30-28-43(44)31-45)52-34-50(42-17-5-2-6-18-42)36-54(38-52)62-40-48-20-8-10-22-56(48)58-24-12-14-26-60(58)62/h1-40H. The van der Waals surface area contributed by atoms with Gasteiger partial charge in [-0.3, -0.25) is 0 Å². The smallest absolute Gasteiger partial charge is 0.00986 e. The molecule has 0 heteroatoms. The Hall–Kier alpha value is -8.06. The van der Waals surface area contributed by atoms with Gasteiger partial charge in [0.15, 0.2) is 0 Å². The topological polar surface area (TPSA) is 0 Å². The summed E-state index contributed by atoms with van der Waals surface area (Å²) in [5.41, 5.74) is 14.6. The molecular formula is C62H40. The maximum Gasteiger partial charge on any atom is -0.00986 e. The van der Waals surface area contributed by atoms with Crippen molar-refractivity contribution in [3.05, 3.63) is 243 Å². The van der Waals surface area contributed by atoms with Gasteiger partial charge >= 0.3 is 0 Å². The Bertz CT molecular complexity index is 3430. The van der Waals surface area contributed by atoms with Gasteiger partial charge in [0.2, 0.25) is 0 Å². The van der Waals surface area contributed by atoms with Crippen LogP contribution in [0.4, 0.5) is 0 Å². The van der Waals surface area contributed by atoms with Gasteiger partial charge < -0.3 is 0 Å². The maximum absolute atomic E-state index is 2.38. The van der Waals surface area contributed by atoms with Crippen LogP contribution in [0.2, 0.25) is 0 Å². The summed E-state index contributed by atoms with van der Waals surface area (Å²) in [7, 11) is 0. The molecule has 0 aliphatic heterocycles. The molecule has 0 bridgehead atoms. The third kappa shape index (κ3) is 6.33. The van der Waals surface area contributed by atoms with Crippen molar-refractivity contribution >= 4 is 53.9 Å². The van der Waals surface area contributed by atoms with Crippen molar-refractivity contribution < 1.29 is 0 Å². The lowest BCUT2D eigenvalue weighted by molar-refractivity contribution is 1.58. The molecule has 0 aliphatic carbocycles. The van der Waals surface area contributed by atoms with Crippen molar-refractivity contribution in [2.45, 2.75) is 0 Å². The lowest BCUT2D eigenvalue weighted by Gasteiger charge is -2.16. The molecule has 0 aromatic heterocycles. The van der Waals surface area contributed by atoms with Crippen molar-refractivity contribution in [3.63, 3.8) is 0 Å². The molecule has 0 saturated heterocycles. The Morgan fingerprint density at radius 2 is 0.468 bits per heavy atom. The van der Waals surface area contributed by atoms with Crippen molar-refractivity contribution in [3.8, 4) is 66.8 Å². The monoisotopic (exact) mass is 784 g/mol. The van der Waals surface area contributed by atoms with E-state index in [1.165, 1.54) is 121 Å². The molecule has 0 nitrogen and oxygen atoms in total. The fourth-order valence-corrected chi connectivity index (χ4v) is 9.69. The summed E-state index contributed by atoms with van der Waals surface area (Å²) in [5.74, 6) is 0. The molecule has 0 saturated carbocycles. The second-order valence-electron chi connectivity index (χ2n) is 16.5. The van der Waals surface area contributed by atoms with E-state index >= 15 is 0 Å². The summed E-state index contributed by atoms with van der Waals surface area (Å²) in [6, 6.07) is 89.5. The Morgan fingerprint density at radius 1 is 0.145 bits per heavy atom. The van der Waals surface area contributed by atoms with Crippen LogP contribution in [0.15, 0.2) is 243 Å². The quantitative estimate of drug-likeness (QED) is 0.147. The largest absolute Gasteiger partial charge is 0.0622 e. The van der Waals surface area contributed by atoms with Gasteiger partial charge in [0.05, 0.1) is 0 Å². The van der Waals surface area contributed by atoms with Crippen LogP contribution in [0, 0.1) is 0 Å². The minimum Gasteiger partial charge on any atom is -0.0622 e. The number of hydrogen-bond donors (Lipinski definition) is 0. The Kier molecular flexibility index (Phi) is 8.61. The molecule has 0 atom stereocenters. The first-order valence-electron chi connectivity index (χ1n) is 21.5. The number of fused-ring (bicyclic) bond motifs is 7. The van der Waals surface area contributed by atoms with Gasteiger partial charge in [0.1, 0.15) is 0 Å². The van der Waals surface area contributed by atoms with E-state index in [4.69, 9.17) is 0 Å². The second kappa shape index (κ2) is 14.9. The normalized spacial score (nSPS) is 11.5. The molecule has 0 fully saturated rings. The lowest BCUT2D eigenvalue weighted by Crippen LogP contribution is -1.89. The van der Waals surface area contributed by atoms with Gasteiger partial charge in [-0.2, -0.15) is 0 Å². The first kappa shape index (κ1) is 35.8. The molecule has 0 spiro atoms. The molecule has 12 aromatic rings. The molecule has 288 valence electrons. The van der Waals surface area contributed by atoms with E-state index < -0.39 is 0 Å². The van der Waals surface area contributed by atoms with E-state index in [0.717, 1.165) is 0 Å². The predicted molar refractivity (Wildman–Crippen MR) is 267 cm³/mol. The van der Waals surface area contributed by atoms with Crippen LogP contribution in [-0.2, 0) is 0 Å². The number of rotatable bonds is 6. The minimum absolute atomic E-state index is 1.20. The fourth-order valence-electron chi connectivity index (χ4n) is 9.69. The van der Waals surface area contributed by atoms with Crippen LogP contribution < -0.4 is 0 Å². The number of hydrogen-bond acceptors (Lipinski definition) is 0. The van der Waals surface area contributed by atoms with Gasteiger partial charge in [-0.15, -0.1) is 0 Å². The molecule has 12 rings (SSSR count). The van der Waals surface area contributed by atoms with E-state index in [0.29, 0.717) is 0 Å². The number of benzene rings is 12. The van der Waals surface area contributed by atoms with E-state index in [-0.39, 0.29) is 0 Å². The maximum atomic E-state index is 2.38.